The lowest BCUT2D eigenvalue weighted by molar-refractivity contribution is 0.250. The Labute approximate surface area is 180 Å². The Bertz CT molecular complexity index is 969. The van der Waals surface area contributed by atoms with Gasteiger partial charge < -0.3 is 4.90 Å². The fourth-order valence-corrected chi connectivity index (χ4v) is 4.36. The van der Waals surface area contributed by atoms with E-state index in [4.69, 9.17) is 0 Å². The van der Waals surface area contributed by atoms with Crippen LogP contribution in [0.15, 0.2) is 48.7 Å². The summed E-state index contributed by atoms with van der Waals surface area (Å²) in [6.45, 7) is 13.1. The first-order valence-electron chi connectivity index (χ1n) is 11.1. The molecule has 1 aromatic heterocycles. The highest BCUT2D eigenvalue weighted by atomic mass is 15.4. The molecule has 0 saturated carbocycles. The summed E-state index contributed by atoms with van der Waals surface area (Å²) in [7, 11) is 0. The maximum absolute atomic E-state index is 4.32. The van der Waals surface area contributed by atoms with Crippen molar-refractivity contribution in [2.45, 2.75) is 40.2 Å². The normalized spacial score (nSPS) is 15.0. The largest absolute Gasteiger partial charge is 0.369 e. The average Bonchev–Trinajstić information content (AvgIpc) is 3.22. The SMILES string of the molecule is Cc1ccc(C)c(N2CCN(CCCCn3nncc3-c3ccccc3C)CC2)c1. The molecular weight excluding hydrogens is 370 g/mol. The van der Waals surface area contributed by atoms with E-state index in [0.717, 1.165) is 51.4 Å². The van der Waals surface area contributed by atoms with Gasteiger partial charge in [-0.25, -0.2) is 4.68 Å². The van der Waals surface area contributed by atoms with Gasteiger partial charge in [0.25, 0.3) is 0 Å². The molecule has 5 nitrogen and oxygen atoms in total. The highest BCUT2D eigenvalue weighted by molar-refractivity contribution is 5.62. The second kappa shape index (κ2) is 9.43. The van der Waals surface area contributed by atoms with E-state index in [9.17, 15) is 0 Å². The number of aromatic nitrogens is 3. The molecule has 0 bridgehead atoms. The molecule has 2 aromatic carbocycles. The summed E-state index contributed by atoms with van der Waals surface area (Å²) in [5.74, 6) is 0. The molecular formula is C25H33N5. The van der Waals surface area contributed by atoms with E-state index in [1.807, 2.05) is 6.20 Å². The lowest BCUT2D eigenvalue weighted by atomic mass is 10.1. The second-order valence-corrected chi connectivity index (χ2v) is 8.48. The molecule has 0 unspecified atom stereocenters. The van der Waals surface area contributed by atoms with Gasteiger partial charge in [0.1, 0.15) is 0 Å². The minimum Gasteiger partial charge on any atom is -0.369 e. The highest BCUT2D eigenvalue weighted by Crippen LogP contribution is 2.24. The van der Waals surface area contributed by atoms with Crippen LogP contribution in [0.1, 0.15) is 29.5 Å². The lowest BCUT2D eigenvalue weighted by Crippen LogP contribution is -2.46. The Morgan fingerprint density at radius 2 is 1.60 bits per heavy atom. The van der Waals surface area contributed by atoms with Crippen LogP contribution in [0.25, 0.3) is 11.3 Å². The fraction of sp³-hybridized carbons (Fsp3) is 0.440. The number of hydrogen-bond acceptors (Lipinski definition) is 4. The third-order valence-corrected chi connectivity index (χ3v) is 6.21. The van der Waals surface area contributed by atoms with Crippen molar-refractivity contribution in [3.05, 3.63) is 65.4 Å². The molecule has 1 aliphatic rings. The van der Waals surface area contributed by atoms with Crippen LogP contribution in [0.2, 0.25) is 0 Å². The Kier molecular flexibility index (Phi) is 6.48. The number of unbranched alkanes of at least 4 members (excludes halogenated alkanes) is 1. The lowest BCUT2D eigenvalue weighted by Gasteiger charge is -2.37. The predicted molar refractivity (Wildman–Crippen MR) is 124 cm³/mol. The van der Waals surface area contributed by atoms with Crippen molar-refractivity contribution < 1.29 is 0 Å². The standard InChI is InChI=1S/C25H33N5/c1-20-10-11-22(3)24(18-20)29-16-14-28(15-17-29)12-6-7-13-30-25(19-26-27-30)23-9-5-4-8-21(23)2/h4-5,8-11,18-19H,6-7,12-17H2,1-3H3. The first kappa shape index (κ1) is 20.6. The number of piperazine rings is 1. The molecule has 1 saturated heterocycles. The van der Waals surface area contributed by atoms with Crippen LogP contribution in [0.4, 0.5) is 5.69 Å². The quantitative estimate of drug-likeness (QED) is 0.546. The number of hydrogen-bond donors (Lipinski definition) is 0. The first-order chi connectivity index (χ1) is 14.6. The van der Waals surface area contributed by atoms with Gasteiger partial charge >= 0.3 is 0 Å². The number of rotatable bonds is 7. The van der Waals surface area contributed by atoms with Crippen LogP contribution in [0, 0.1) is 20.8 Å². The van der Waals surface area contributed by atoms with E-state index < -0.39 is 0 Å². The van der Waals surface area contributed by atoms with Crippen molar-refractivity contribution in [2.75, 3.05) is 37.6 Å². The van der Waals surface area contributed by atoms with Crippen LogP contribution < -0.4 is 4.90 Å². The smallest absolute Gasteiger partial charge is 0.0888 e. The van der Waals surface area contributed by atoms with Gasteiger partial charge in [-0.15, -0.1) is 5.10 Å². The summed E-state index contributed by atoms with van der Waals surface area (Å²) in [5, 5.41) is 8.48. The molecule has 5 heteroatoms. The van der Waals surface area contributed by atoms with Crippen molar-refractivity contribution in [3.8, 4) is 11.3 Å². The van der Waals surface area contributed by atoms with Gasteiger partial charge in [0, 0.05) is 44.0 Å². The molecule has 0 amide bonds. The first-order valence-corrected chi connectivity index (χ1v) is 11.1. The summed E-state index contributed by atoms with van der Waals surface area (Å²) in [5.41, 5.74) is 7.75. The number of nitrogens with zero attached hydrogens (tertiary/aromatic N) is 5. The Morgan fingerprint density at radius 1 is 0.833 bits per heavy atom. The number of anilines is 1. The van der Waals surface area contributed by atoms with Gasteiger partial charge in [0.2, 0.25) is 0 Å². The maximum atomic E-state index is 4.32. The van der Waals surface area contributed by atoms with Crippen LogP contribution in [0.5, 0.6) is 0 Å². The zero-order valence-electron chi connectivity index (χ0n) is 18.5. The van der Waals surface area contributed by atoms with Crippen molar-refractivity contribution in [1.29, 1.82) is 0 Å². The van der Waals surface area contributed by atoms with E-state index in [1.54, 1.807) is 0 Å². The van der Waals surface area contributed by atoms with E-state index in [-0.39, 0.29) is 0 Å². The van der Waals surface area contributed by atoms with Gasteiger partial charge in [0.15, 0.2) is 0 Å². The molecule has 30 heavy (non-hydrogen) atoms. The molecule has 0 atom stereocenters. The van der Waals surface area contributed by atoms with Crippen LogP contribution in [-0.4, -0.2) is 52.6 Å². The van der Waals surface area contributed by atoms with Gasteiger partial charge in [0.05, 0.1) is 11.9 Å². The van der Waals surface area contributed by atoms with Crippen LogP contribution in [-0.2, 0) is 6.54 Å². The molecule has 0 radical (unpaired) electrons. The number of aryl methyl sites for hydroxylation is 4. The minimum absolute atomic E-state index is 0.923. The third-order valence-electron chi connectivity index (χ3n) is 6.21. The summed E-state index contributed by atoms with van der Waals surface area (Å²) < 4.78 is 2.06. The van der Waals surface area contributed by atoms with Gasteiger partial charge in [-0.3, -0.25) is 4.90 Å². The minimum atomic E-state index is 0.923. The summed E-state index contributed by atoms with van der Waals surface area (Å²) in [6, 6.07) is 15.2. The van der Waals surface area contributed by atoms with E-state index >= 15 is 0 Å². The molecule has 158 valence electrons. The third kappa shape index (κ3) is 4.73. The van der Waals surface area contributed by atoms with Crippen LogP contribution >= 0.6 is 0 Å². The maximum Gasteiger partial charge on any atom is 0.0888 e. The van der Waals surface area contributed by atoms with Gasteiger partial charge in [-0.1, -0.05) is 41.6 Å². The molecule has 1 fully saturated rings. The molecule has 0 aliphatic carbocycles. The Balaban J connectivity index is 1.24. The average molecular weight is 404 g/mol. The Morgan fingerprint density at radius 3 is 2.40 bits per heavy atom. The Hall–Kier alpha value is -2.66. The topological polar surface area (TPSA) is 37.2 Å². The number of benzene rings is 2. The summed E-state index contributed by atoms with van der Waals surface area (Å²) in [4.78, 5) is 5.15. The van der Waals surface area contributed by atoms with E-state index in [2.05, 4.69) is 88.0 Å². The molecule has 1 aliphatic heterocycles. The van der Waals surface area contributed by atoms with Gasteiger partial charge in [-0.2, -0.15) is 0 Å². The molecule has 3 aromatic rings. The van der Waals surface area contributed by atoms with Crippen molar-refractivity contribution in [3.63, 3.8) is 0 Å². The predicted octanol–water partition coefficient (Wildman–Crippen LogP) is 4.47. The van der Waals surface area contributed by atoms with Gasteiger partial charge in [-0.05, 0) is 62.9 Å². The van der Waals surface area contributed by atoms with E-state index in [1.165, 1.54) is 34.4 Å². The van der Waals surface area contributed by atoms with Crippen molar-refractivity contribution in [2.24, 2.45) is 0 Å². The molecule has 0 spiro atoms. The second-order valence-electron chi connectivity index (χ2n) is 8.48. The molecule has 0 N–H and O–H groups in total. The monoisotopic (exact) mass is 403 g/mol. The summed E-state index contributed by atoms with van der Waals surface area (Å²) in [6.07, 6.45) is 4.20. The molecule has 4 rings (SSSR count). The van der Waals surface area contributed by atoms with Crippen LogP contribution in [0.3, 0.4) is 0 Å². The molecule has 2 heterocycles. The highest BCUT2D eigenvalue weighted by Gasteiger charge is 2.18. The van der Waals surface area contributed by atoms with Crippen molar-refractivity contribution >= 4 is 5.69 Å². The van der Waals surface area contributed by atoms with E-state index in [0.29, 0.717) is 0 Å². The zero-order chi connectivity index (χ0) is 20.9. The summed E-state index contributed by atoms with van der Waals surface area (Å²) >= 11 is 0. The fourth-order valence-electron chi connectivity index (χ4n) is 4.36. The van der Waals surface area contributed by atoms with Crippen molar-refractivity contribution in [1.82, 2.24) is 19.9 Å². The zero-order valence-corrected chi connectivity index (χ0v) is 18.5.